The van der Waals surface area contributed by atoms with E-state index in [0.29, 0.717) is 5.56 Å². The van der Waals surface area contributed by atoms with Crippen LogP contribution < -0.4 is 5.32 Å². The van der Waals surface area contributed by atoms with Crippen molar-refractivity contribution in [1.82, 2.24) is 0 Å². The summed E-state index contributed by atoms with van der Waals surface area (Å²) >= 11 is 0. The quantitative estimate of drug-likeness (QED) is 0.842. The summed E-state index contributed by atoms with van der Waals surface area (Å²) in [5.41, 5.74) is 2.01. The third-order valence-corrected chi connectivity index (χ3v) is 4.10. The van der Waals surface area contributed by atoms with Gasteiger partial charge in [-0.3, -0.25) is 9.59 Å². The molecule has 96 valence electrons. The molecule has 0 saturated heterocycles. The van der Waals surface area contributed by atoms with Crippen LogP contribution in [-0.2, 0) is 10.2 Å². The van der Waals surface area contributed by atoms with Crippen LogP contribution in [0.25, 0.3) is 0 Å². The van der Waals surface area contributed by atoms with Gasteiger partial charge >= 0.3 is 0 Å². The Balaban J connectivity index is 1.96. The molecule has 1 heterocycles. The van der Waals surface area contributed by atoms with Crippen LogP contribution in [0.15, 0.2) is 18.2 Å². The van der Waals surface area contributed by atoms with Crippen LogP contribution >= 0.6 is 0 Å². The predicted octanol–water partition coefficient (Wildman–Crippen LogP) is 2.40. The Hall–Kier alpha value is -2.15. The minimum atomic E-state index is -0.371. The first-order valence-corrected chi connectivity index (χ1v) is 6.45. The van der Waals surface area contributed by atoms with Gasteiger partial charge in [0.25, 0.3) is 0 Å². The molecule has 0 aromatic heterocycles. The highest BCUT2D eigenvalue weighted by molar-refractivity contribution is 6.09. The van der Waals surface area contributed by atoms with Crippen LogP contribution in [0.3, 0.4) is 0 Å². The molecule has 1 unspecified atom stereocenters. The van der Waals surface area contributed by atoms with E-state index in [1.165, 1.54) is 0 Å². The van der Waals surface area contributed by atoms with Gasteiger partial charge < -0.3 is 5.32 Å². The van der Waals surface area contributed by atoms with Gasteiger partial charge in [-0.2, -0.15) is 5.26 Å². The molecule has 1 N–H and O–H groups in total. The van der Waals surface area contributed by atoms with E-state index in [4.69, 9.17) is 5.26 Å². The fourth-order valence-corrected chi connectivity index (χ4v) is 2.70. The molecule has 19 heavy (non-hydrogen) atoms. The Labute approximate surface area is 111 Å². The molecule has 1 atom stereocenters. The zero-order valence-electron chi connectivity index (χ0n) is 10.7. The topological polar surface area (TPSA) is 70.0 Å². The molecule has 0 radical (unpaired) electrons. The first kappa shape index (κ1) is 11.9. The van der Waals surface area contributed by atoms with Gasteiger partial charge in [-0.15, -0.1) is 0 Å². The van der Waals surface area contributed by atoms with Crippen molar-refractivity contribution in [2.24, 2.45) is 5.92 Å². The molecule has 4 nitrogen and oxygen atoms in total. The van der Waals surface area contributed by atoms with E-state index in [1.807, 2.05) is 12.1 Å². The number of nitrogens with one attached hydrogen (secondary N) is 1. The molecule has 1 amide bonds. The fraction of sp³-hybridized carbons (Fsp3) is 0.400. The number of rotatable bonds is 3. The second-order valence-electron chi connectivity index (χ2n) is 5.42. The molecule has 1 fully saturated rings. The number of benzene rings is 1. The number of carbonyl (C=O) groups excluding carboxylic acids is 2. The van der Waals surface area contributed by atoms with Gasteiger partial charge in [-0.05, 0) is 36.6 Å². The van der Waals surface area contributed by atoms with Crippen LogP contribution in [0.2, 0.25) is 0 Å². The van der Waals surface area contributed by atoms with Crippen LogP contribution in [0, 0.1) is 17.2 Å². The van der Waals surface area contributed by atoms with Gasteiger partial charge in [0, 0.05) is 23.6 Å². The second kappa shape index (κ2) is 3.92. The third kappa shape index (κ3) is 1.66. The molecular formula is C15H14N2O2. The van der Waals surface area contributed by atoms with E-state index in [0.717, 1.165) is 24.1 Å². The Morgan fingerprint density at radius 1 is 1.53 bits per heavy atom. The SMILES string of the molecule is CC(CC#N)C(=O)c1ccc2c(c1)C1(CC1)C(=O)N2. The Bertz CT molecular complexity index is 624. The van der Waals surface area contributed by atoms with E-state index < -0.39 is 0 Å². The lowest BCUT2D eigenvalue weighted by molar-refractivity contribution is -0.117. The maximum absolute atomic E-state index is 12.2. The van der Waals surface area contributed by atoms with Crippen LogP contribution in [-0.4, -0.2) is 11.7 Å². The average molecular weight is 254 g/mol. The minimum Gasteiger partial charge on any atom is -0.325 e. The number of hydrogen-bond acceptors (Lipinski definition) is 3. The number of fused-ring (bicyclic) bond motifs is 2. The lowest BCUT2D eigenvalue weighted by Crippen LogP contribution is -2.18. The normalized spacial score (nSPS) is 19.5. The summed E-state index contributed by atoms with van der Waals surface area (Å²) in [6, 6.07) is 7.38. The van der Waals surface area contributed by atoms with Crippen LogP contribution in [0.1, 0.15) is 42.1 Å². The van der Waals surface area contributed by atoms with E-state index >= 15 is 0 Å². The highest BCUT2D eigenvalue weighted by Gasteiger charge is 2.56. The number of amides is 1. The number of Topliss-reactive ketones (excluding diaryl/α,β-unsaturated/α-hetero) is 1. The summed E-state index contributed by atoms with van der Waals surface area (Å²) in [5, 5.41) is 11.5. The van der Waals surface area contributed by atoms with Crippen molar-refractivity contribution < 1.29 is 9.59 Å². The molecule has 2 aliphatic rings. The van der Waals surface area contributed by atoms with Gasteiger partial charge in [0.1, 0.15) is 0 Å². The van der Waals surface area contributed by atoms with Crippen molar-refractivity contribution >= 4 is 17.4 Å². The summed E-state index contributed by atoms with van der Waals surface area (Å²) in [6.07, 6.45) is 1.94. The first-order valence-electron chi connectivity index (χ1n) is 6.45. The molecule has 1 aliphatic carbocycles. The van der Waals surface area contributed by atoms with Gasteiger partial charge in [0.15, 0.2) is 5.78 Å². The van der Waals surface area contributed by atoms with Crippen LogP contribution in [0.4, 0.5) is 5.69 Å². The molecule has 3 rings (SSSR count). The van der Waals surface area contributed by atoms with Crippen molar-refractivity contribution in [3.8, 4) is 6.07 Å². The van der Waals surface area contributed by atoms with Gasteiger partial charge in [0.2, 0.25) is 5.91 Å². The number of carbonyl (C=O) groups is 2. The Kier molecular flexibility index (Phi) is 2.46. The molecule has 1 aromatic rings. The molecule has 1 spiro atoms. The number of hydrogen-bond donors (Lipinski definition) is 1. The minimum absolute atomic E-state index is 0.0282. The standard InChI is InChI=1S/C15H14N2O2/c1-9(4-7-16)13(18)10-2-3-12-11(8-10)15(5-6-15)14(19)17-12/h2-3,8-9H,4-6H2,1H3,(H,17,19). The highest BCUT2D eigenvalue weighted by atomic mass is 16.2. The van der Waals surface area contributed by atoms with E-state index in [1.54, 1.807) is 19.1 Å². The smallest absolute Gasteiger partial charge is 0.235 e. The monoisotopic (exact) mass is 254 g/mol. The van der Waals surface area contributed by atoms with E-state index in [-0.39, 0.29) is 29.4 Å². The fourth-order valence-electron chi connectivity index (χ4n) is 2.70. The summed E-state index contributed by atoms with van der Waals surface area (Å²) in [7, 11) is 0. The summed E-state index contributed by atoms with van der Waals surface area (Å²) in [4.78, 5) is 24.1. The van der Waals surface area contributed by atoms with Crippen molar-refractivity contribution in [3.63, 3.8) is 0 Å². The lowest BCUT2D eigenvalue weighted by Gasteiger charge is -2.09. The molecule has 4 heteroatoms. The Morgan fingerprint density at radius 3 is 2.89 bits per heavy atom. The van der Waals surface area contributed by atoms with Crippen molar-refractivity contribution in [3.05, 3.63) is 29.3 Å². The van der Waals surface area contributed by atoms with E-state index in [9.17, 15) is 9.59 Å². The van der Waals surface area contributed by atoms with Crippen LogP contribution in [0.5, 0.6) is 0 Å². The Morgan fingerprint density at radius 2 is 2.26 bits per heavy atom. The lowest BCUT2D eigenvalue weighted by atomic mass is 9.91. The maximum atomic E-state index is 12.2. The van der Waals surface area contributed by atoms with Crippen molar-refractivity contribution in [1.29, 1.82) is 5.26 Å². The largest absolute Gasteiger partial charge is 0.325 e. The average Bonchev–Trinajstić information content (AvgIpc) is 3.14. The molecule has 0 bridgehead atoms. The van der Waals surface area contributed by atoms with Gasteiger partial charge in [-0.1, -0.05) is 6.92 Å². The van der Waals surface area contributed by atoms with Crippen molar-refractivity contribution in [2.45, 2.75) is 31.6 Å². The first-order chi connectivity index (χ1) is 9.08. The zero-order chi connectivity index (χ0) is 13.6. The summed E-state index contributed by atoms with van der Waals surface area (Å²) < 4.78 is 0. The van der Waals surface area contributed by atoms with Gasteiger partial charge in [0.05, 0.1) is 11.5 Å². The molecular weight excluding hydrogens is 240 g/mol. The second-order valence-corrected chi connectivity index (χ2v) is 5.42. The summed E-state index contributed by atoms with van der Waals surface area (Å²) in [5.74, 6) is -0.278. The summed E-state index contributed by atoms with van der Waals surface area (Å²) in [6.45, 7) is 1.76. The maximum Gasteiger partial charge on any atom is 0.235 e. The number of anilines is 1. The molecule has 1 aliphatic heterocycles. The predicted molar refractivity (Wildman–Crippen MR) is 69.7 cm³/mol. The molecule has 1 saturated carbocycles. The zero-order valence-corrected chi connectivity index (χ0v) is 10.7. The van der Waals surface area contributed by atoms with E-state index in [2.05, 4.69) is 5.32 Å². The highest BCUT2D eigenvalue weighted by Crippen LogP contribution is 2.55. The molecule has 1 aromatic carbocycles. The third-order valence-electron chi connectivity index (χ3n) is 4.10. The number of nitriles is 1. The van der Waals surface area contributed by atoms with Gasteiger partial charge in [-0.25, -0.2) is 0 Å². The number of ketones is 1. The van der Waals surface area contributed by atoms with Crippen molar-refractivity contribution in [2.75, 3.05) is 5.32 Å². The number of nitrogens with zero attached hydrogens (tertiary/aromatic N) is 1.